The van der Waals surface area contributed by atoms with E-state index >= 15 is 0 Å². The van der Waals surface area contributed by atoms with Crippen molar-refractivity contribution in [2.24, 2.45) is 0 Å². The van der Waals surface area contributed by atoms with Crippen LogP contribution in [0.4, 0.5) is 0 Å². The molecule has 0 radical (unpaired) electrons. The lowest BCUT2D eigenvalue weighted by atomic mass is 10.1. The molecule has 0 amide bonds. The third-order valence-electron chi connectivity index (χ3n) is 3.94. The highest BCUT2D eigenvalue weighted by molar-refractivity contribution is 5.94. The molecule has 0 bridgehead atoms. The summed E-state index contributed by atoms with van der Waals surface area (Å²) in [5.74, 6) is -0.142. The zero-order valence-electron chi connectivity index (χ0n) is 17.1. The van der Waals surface area contributed by atoms with E-state index in [1.165, 1.54) is 46.5 Å². The standard InChI is InChI=1S/C22H22O8/c1-14(23)16-7-9-17(20(12-16)27-3)29-13-22(25)30-18-8-5-15(11-19(18)26-2)6-10-21(24)28-4/h5-12H,13H2,1-4H3/b10-6+. The van der Waals surface area contributed by atoms with E-state index in [0.717, 1.165) is 0 Å². The monoisotopic (exact) mass is 414 g/mol. The molecule has 0 saturated carbocycles. The zero-order chi connectivity index (χ0) is 22.1. The SMILES string of the molecule is COC(=O)/C=C/c1ccc(OC(=O)COc2ccc(C(C)=O)cc2OC)c(OC)c1. The van der Waals surface area contributed by atoms with Crippen molar-refractivity contribution in [3.8, 4) is 23.0 Å². The van der Waals surface area contributed by atoms with Crippen LogP contribution in [0, 0.1) is 0 Å². The Bertz CT molecular complexity index is 962. The molecular weight excluding hydrogens is 392 g/mol. The lowest BCUT2D eigenvalue weighted by molar-refractivity contribution is -0.137. The molecule has 0 atom stereocenters. The highest BCUT2D eigenvalue weighted by atomic mass is 16.6. The zero-order valence-corrected chi connectivity index (χ0v) is 17.1. The second-order valence-corrected chi connectivity index (χ2v) is 5.95. The molecular formula is C22H22O8. The van der Waals surface area contributed by atoms with Crippen LogP contribution < -0.4 is 18.9 Å². The van der Waals surface area contributed by atoms with Crippen LogP contribution in [-0.2, 0) is 14.3 Å². The molecule has 30 heavy (non-hydrogen) atoms. The Hall–Kier alpha value is -3.81. The highest BCUT2D eigenvalue weighted by Crippen LogP contribution is 2.30. The maximum atomic E-state index is 12.2. The predicted molar refractivity (Wildman–Crippen MR) is 108 cm³/mol. The van der Waals surface area contributed by atoms with Gasteiger partial charge >= 0.3 is 11.9 Å². The van der Waals surface area contributed by atoms with Crippen LogP contribution in [-0.4, -0.2) is 45.7 Å². The van der Waals surface area contributed by atoms with Crippen molar-refractivity contribution >= 4 is 23.8 Å². The van der Waals surface area contributed by atoms with E-state index in [1.807, 2.05) is 0 Å². The number of esters is 2. The average Bonchev–Trinajstić information content (AvgIpc) is 2.76. The summed E-state index contributed by atoms with van der Waals surface area (Å²) in [6.45, 7) is 1.06. The van der Waals surface area contributed by atoms with E-state index in [4.69, 9.17) is 18.9 Å². The Labute approximate surface area is 174 Å². The number of Topliss-reactive ketones (excluding diaryl/α,β-unsaturated/α-hetero) is 1. The van der Waals surface area contributed by atoms with Crippen molar-refractivity contribution in [1.82, 2.24) is 0 Å². The van der Waals surface area contributed by atoms with Crippen molar-refractivity contribution in [3.63, 3.8) is 0 Å². The molecule has 0 saturated heterocycles. The molecule has 2 aromatic carbocycles. The summed E-state index contributed by atoms with van der Waals surface area (Å²) >= 11 is 0. The first-order chi connectivity index (χ1) is 14.4. The van der Waals surface area contributed by atoms with Gasteiger partial charge in [0, 0.05) is 11.6 Å². The predicted octanol–water partition coefficient (Wildman–Crippen LogP) is 3.08. The molecule has 0 fully saturated rings. The summed E-state index contributed by atoms with van der Waals surface area (Å²) in [7, 11) is 4.15. The quantitative estimate of drug-likeness (QED) is 0.267. The molecule has 8 nitrogen and oxygen atoms in total. The van der Waals surface area contributed by atoms with Crippen LogP contribution >= 0.6 is 0 Å². The fraction of sp³-hybridized carbons (Fsp3) is 0.227. The number of hydrogen-bond acceptors (Lipinski definition) is 8. The average molecular weight is 414 g/mol. The third kappa shape index (κ3) is 6.10. The number of methoxy groups -OCH3 is 3. The molecule has 0 N–H and O–H groups in total. The molecule has 2 aromatic rings. The maximum absolute atomic E-state index is 12.2. The van der Waals surface area contributed by atoms with Crippen LogP contribution in [0.1, 0.15) is 22.8 Å². The van der Waals surface area contributed by atoms with Crippen LogP contribution in [0.15, 0.2) is 42.5 Å². The Kier molecular flexibility index (Phi) is 7.99. The van der Waals surface area contributed by atoms with Gasteiger partial charge in [-0.3, -0.25) is 4.79 Å². The van der Waals surface area contributed by atoms with Gasteiger partial charge in [-0.25, -0.2) is 9.59 Å². The number of carbonyl (C=O) groups excluding carboxylic acids is 3. The van der Waals surface area contributed by atoms with Crippen molar-refractivity contribution in [2.45, 2.75) is 6.92 Å². The van der Waals surface area contributed by atoms with Crippen molar-refractivity contribution in [1.29, 1.82) is 0 Å². The maximum Gasteiger partial charge on any atom is 0.349 e. The second kappa shape index (κ2) is 10.7. The van der Waals surface area contributed by atoms with Gasteiger partial charge in [0.1, 0.15) is 0 Å². The van der Waals surface area contributed by atoms with Gasteiger partial charge in [-0.15, -0.1) is 0 Å². The molecule has 0 spiro atoms. The van der Waals surface area contributed by atoms with Gasteiger partial charge in [-0.1, -0.05) is 6.07 Å². The molecule has 158 valence electrons. The topological polar surface area (TPSA) is 97.4 Å². The summed E-state index contributed by atoms with van der Waals surface area (Å²) in [4.78, 5) is 34.8. The number of ketones is 1. The van der Waals surface area contributed by atoms with E-state index in [1.54, 1.807) is 30.3 Å². The van der Waals surface area contributed by atoms with Crippen molar-refractivity contribution < 1.29 is 38.1 Å². The molecule has 0 aromatic heterocycles. The van der Waals surface area contributed by atoms with Crippen LogP contribution in [0.5, 0.6) is 23.0 Å². The molecule has 0 unspecified atom stereocenters. The van der Waals surface area contributed by atoms with Crippen LogP contribution in [0.25, 0.3) is 6.08 Å². The van der Waals surface area contributed by atoms with E-state index in [9.17, 15) is 14.4 Å². The molecule has 2 rings (SSSR count). The van der Waals surface area contributed by atoms with E-state index in [-0.39, 0.29) is 18.1 Å². The van der Waals surface area contributed by atoms with Crippen molar-refractivity contribution in [3.05, 3.63) is 53.6 Å². The van der Waals surface area contributed by atoms with Crippen molar-refractivity contribution in [2.75, 3.05) is 27.9 Å². The molecule has 8 heteroatoms. The number of rotatable bonds is 9. The lowest BCUT2D eigenvalue weighted by Crippen LogP contribution is -2.18. The number of carbonyl (C=O) groups is 3. The second-order valence-electron chi connectivity index (χ2n) is 5.95. The smallest absolute Gasteiger partial charge is 0.349 e. The summed E-state index contributed by atoms with van der Waals surface area (Å²) in [6, 6.07) is 9.45. The van der Waals surface area contributed by atoms with Gasteiger partial charge in [0.25, 0.3) is 0 Å². The van der Waals surface area contributed by atoms with E-state index < -0.39 is 11.9 Å². The van der Waals surface area contributed by atoms with Gasteiger partial charge in [-0.05, 0) is 48.9 Å². The fourth-order valence-electron chi connectivity index (χ4n) is 2.40. The normalized spacial score (nSPS) is 10.4. The Morgan fingerprint density at radius 3 is 2.17 bits per heavy atom. The third-order valence-corrected chi connectivity index (χ3v) is 3.94. The van der Waals surface area contributed by atoms with E-state index in [2.05, 4.69) is 4.74 Å². The van der Waals surface area contributed by atoms with E-state index in [0.29, 0.717) is 28.4 Å². The van der Waals surface area contributed by atoms with Gasteiger partial charge < -0.3 is 23.7 Å². The minimum Gasteiger partial charge on any atom is -0.493 e. The number of ether oxygens (including phenoxy) is 5. The first-order valence-electron chi connectivity index (χ1n) is 8.84. The minimum absolute atomic E-state index is 0.115. The lowest BCUT2D eigenvalue weighted by Gasteiger charge is -2.12. The van der Waals surface area contributed by atoms with Gasteiger partial charge in [-0.2, -0.15) is 0 Å². The molecule has 0 aliphatic heterocycles. The van der Waals surface area contributed by atoms with Gasteiger partial charge in [0.2, 0.25) is 0 Å². The Balaban J connectivity index is 2.05. The minimum atomic E-state index is -0.663. The van der Waals surface area contributed by atoms with Crippen LogP contribution in [0.3, 0.4) is 0 Å². The fourth-order valence-corrected chi connectivity index (χ4v) is 2.40. The molecule has 0 heterocycles. The highest BCUT2D eigenvalue weighted by Gasteiger charge is 2.14. The van der Waals surface area contributed by atoms with Gasteiger partial charge in [0.15, 0.2) is 35.4 Å². The largest absolute Gasteiger partial charge is 0.493 e. The summed E-state index contributed by atoms with van der Waals surface area (Å²) in [6.07, 6.45) is 2.80. The summed E-state index contributed by atoms with van der Waals surface area (Å²) in [5.41, 5.74) is 1.12. The Morgan fingerprint density at radius 2 is 1.53 bits per heavy atom. The first kappa shape index (κ1) is 22.5. The molecule has 0 aliphatic carbocycles. The van der Waals surface area contributed by atoms with Gasteiger partial charge in [0.05, 0.1) is 21.3 Å². The Morgan fingerprint density at radius 1 is 0.867 bits per heavy atom. The number of hydrogen-bond donors (Lipinski definition) is 0. The summed E-state index contributed by atoms with van der Waals surface area (Å²) < 4.78 is 25.7. The first-order valence-corrected chi connectivity index (χ1v) is 8.84. The van der Waals surface area contributed by atoms with Crippen LogP contribution in [0.2, 0.25) is 0 Å². The molecule has 0 aliphatic rings. The number of benzene rings is 2. The summed E-state index contributed by atoms with van der Waals surface area (Å²) in [5, 5.41) is 0.